The molecule has 284 valence electrons. The van der Waals surface area contributed by atoms with Crippen molar-refractivity contribution in [3.63, 3.8) is 0 Å². The molecule has 9 aromatic carbocycles. The third-order valence-electron chi connectivity index (χ3n) is 13.7. The Bertz CT molecular complexity index is 3430. The highest BCUT2D eigenvalue weighted by atomic mass is 14.9. The van der Waals surface area contributed by atoms with Gasteiger partial charge in [-0.3, -0.25) is 0 Å². The fourth-order valence-corrected chi connectivity index (χ4v) is 10.5. The van der Waals surface area contributed by atoms with Gasteiger partial charge in [0.05, 0.1) is 11.4 Å². The van der Waals surface area contributed by atoms with E-state index in [1.54, 1.807) is 0 Å². The molecular formula is C58H42N2. The lowest BCUT2D eigenvalue weighted by molar-refractivity contribution is 0.661. The number of fused-ring (bicyclic) bond motifs is 9. The van der Waals surface area contributed by atoms with Crippen LogP contribution in [0.3, 0.4) is 0 Å². The normalized spacial score (nSPS) is 14.3. The number of hydrogen-bond donors (Lipinski definition) is 0. The Morgan fingerprint density at radius 1 is 0.317 bits per heavy atom. The van der Waals surface area contributed by atoms with Crippen LogP contribution in [0.2, 0.25) is 0 Å². The van der Waals surface area contributed by atoms with E-state index in [1.165, 1.54) is 88.0 Å². The molecule has 1 aromatic heterocycles. The van der Waals surface area contributed by atoms with Crippen LogP contribution in [0.4, 0.5) is 0 Å². The molecule has 2 aliphatic carbocycles. The van der Waals surface area contributed by atoms with Crippen molar-refractivity contribution >= 4 is 32.3 Å². The lowest BCUT2D eigenvalue weighted by Gasteiger charge is -2.22. The van der Waals surface area contributed by atoms with Crippen LogP contribution in [-0.4, -0.2) is 9.97 Å². The fraction of sp³-hybridized carbons (Fsp3) is 0.103. The van der Waals surface area contributed by atoms with Gasteiger partial charge in [-0.25, -0.2) is 9.97 Å². The summed E-state index contributed by atoms with van der Waals surface area (Å²) in [6.07, 6.45) is 0. The van der Waals surface area contributed by atoms with Crippen molar-refractivity contribution in [2.24, 2.45) is 0 Å². The van der Waals surface area contributed by atoms with E-state index in [4.69, 9.17) is 9.97 Å². The molecule has 0 amide bonds. The maximum absolute atomic E-state index is 5.38. The van der Waals surface area contributed by atoms with Crippen LogP contribution in [0.1, 0.15) is 49.9 Å². The molecule has 2 heteroatoms. The van der Waals surface area contributed by atoms with Gasteiger partial charge in [0.1, 0.15) is 0 Å². The van der Waals surface area contributed by atoms with Crippen molar-refractivity contribution in [1.82, 2.24) is 9.97 Å². The van der Waals surface area contributed by atoms with Crippen LogP contribution in [0.15, 0.2) is 182 Å². The van der Waals surface area contributed by atoms with Gasteiger partial charge in [-0.1, -0.05) is 173 Å². The topological polar surface area (TPSA) is 25.8 Å². The Kier molecular flexibility index (Phi) is 7.36. The van der Waals surface area contributed by atoms with Gasteiger partial charge in [0, 0.05) is 27.5 Å². The second kappa shape index (κ2) is 12.7. The van der Waals surface area contributed by atoms with Crippen LogP contribution < -0.4 is 0 Å². The molecule has 0 radical (unpaired) electrons. The van der Waals surface area contributed by atoms with E-state index in [9.17, 15) is 0 Å². The number of benzene rings is 9. The quantitative estimate of drug-likeness (QED) is 0.178. The first-order valence-electron chi connectivity index (χ1n) is 21.1. The maximum atomic E-state index is 5.38. The minimum Gasteiger partial charge on any atom is -0.228 e. The van der Waals surface area contributed by atoms with Gasteiger partial charge in [-0.2, -0.15) is 0 Å². The zero-order valence-corrected chi connectivity index (χ0v) is 34.2. The highest BCUT2D eigenvalue weighted by Gasteiger charge is 2.38. The molecule has 2 aliphatic rings. The predicted octanol–water partition coefficient (Wildman–Crippen LogP) is 15.2. The first kappa shape index (κ1) is 34.8. The molecule has 0 fully saturated rings. The van der Waals surface area contributed by atoms with Crippen molar-refractivity contribution < 1.29 is 0 Å². The smallest absolute Gasteiger partial charge is 0.160 e. The van der Waals surface area contributed by atoms with Crippen LogP contribution in [0.5, 0.6) is 0 Å². The predicted molar refractivity (Wildman–Crippen MR) is 251 cm³/mol. The molecule has 2 nitrogen and oxygen atoms in total. The first-order chi connectivity index (χ1) is 29.2. The van der Waals surface area contributed by atoms with Crippen molar-refractivity contribution in [2.75, 3.05) is 0 Å². The summed E-state index contributed by atoms with van der Waals surface area (Å²) in [5, 5.41) is 7.46. The van der Waals surface area contributed by atoms with Crippen molar-refractivity contribution in [1.29, 1.82) is 0 Å². The summed E-state index contributed by atoms with van der Waals surface area (Å²) in [6, 6.07) is 66.9. The Balaban J connectivity index is 1.04. The van der Waals surface area contributed by atoms with Gasteiger partial charge < -0.3 is 0 Å². The minimum absolute atomic E-state index is 0.0785. The molecule has 0 spiro atoms. The number of nitrogens with zero attached hydrogens (tertiary/aromatic N) is 2. The lowest BCUT2D eigenvalue weighted by Crippen LogP contribution is -2.14. The summed E-state index contributed by atoms with van der Waals surface area (Å²) in [5.41, 5.74) is 17.9. The molecular weight excluding hydrogens is 725 g/mol. The Morgan fingerprint density at radius 3 is 1.55 bits per heavy atom. The maximum Gasteiger partial charge on any atom is 0.160 e. The summed E-state index contributed by atoms with van der Waals surface area (Å²) in [7, 11) is 0. The standard InChI is InChI=1S/C58H42N2/c1-57(2)49-28-25-40(31-46(49)47-29-36-17-8-10-19-38(36)32-51(47)57)41-26-27-44(43-22-13-12-21-42(41)43)53-34-54(60-56(59-53)35-15-6-5-7-16-35)45-23-14-24-50-55(45)48-30-37-18-9-11-20-39(37)33-52(48)58(50,3)4/h5-34H,1-4H3. The molecule has 0 bridgehead atoms. The Hall–Kier alpha value is -7.16. The van der Waals surface area contributed by atoms with E-state index >= 15 is 0 Å². The van der Waals surface area contributed by atoms with E-state index in [0.29, 0.717) is 0 Å². The molecule has 0 saturated heterocycles. The zero-order valence-electron chi connectivity index (χ0n) is 34.2. The van der Waals surface area contributed by atoms with E-state index in [2.05, 4.69) is 210 Å². The summed E-state index contributed by atoms with van der Waals surface area (Å²) >= 11 is 0. The van der Waals surface area contributed by atoms with Crippen molar-refractivity contribution in [3.8, 4) is 67.3 Å². The van der Waals surface area contributed by atoms with Gasteiger partial charge in [-0.15, -0.1) is 0 Å². The largest absolute Gasteiger partial charge is 0.228 e. The number of aromatic nitrogens is 2. The molecule has 0 unspecified atom stereocenters. The molecule has 12 rings (SSSR count). The summed E-state index contributed by atoms with van der Waals surface area (Å²) in [6.45, 7) is 9.43. The van der Waals surface area contributed by atoms with E-state index < -0.39 is 0 Å². The Morgan fingerprint density at radius 2 is 0.850 bits per heavy atom. The van der Waals surface area contributed by atoms with Crippen molar-refractivity contribution in [3.05, 3.63) is 204 Å². The third-order valence-corrected chi connectivity index (χ3v) is 13.7. The molecule has 0 atom stereocenters. The van der Waals surface area contributed by atoms with E-state index in [1.807, 2.05) is 0 Å². The van der Waals surface area contributed by atoms with Gasteiger partial charge in [0.15, 0.2) is 5.82 Å². The summed E-state index contributed by atoms with van der Waals surface area (Å²) < 4.78 is 0. The molecule has 0 aliphatic heterocycles. The molecule has 0 N–H and O–H groups in total. The third kappa shape index (κ3) is 5.07. The lowest BCUT2D eigenvalue weighted by atomic mass is 9.81. The molecule has 1 heterocycles. The monoisotopic (exact) mass is 766 g/mol. The van der Waals surface area contributed by atoms with Crippen LogP contribution in [-0.2, 0) is 10.8 Å². The van der Waals surface area contributed by atoms with Crippen molar-refractivity contribution in [2.45, 2.75) is 38.5 Å². The first-order valence-corrected chi connectivity index (χ1v) is 21.1. The van der Waals surface area contributed by atoms with E-state index in [-0.39, 0.29) is 10.8 Å². The summed E-state index contributed by atoms with van der Waals surface area (Å²) in [4.78, 5) is 10.7. The van der Waals surface area contributed by atoms with Crippen LogP contribution >= 0.6 is 0 Å². The van der Waals surface area contributed by atoms with Crippen LogP contribution in [0.25, 0.3) is 99.6 Å². The van der Waals surface area contributed by atoms with Gasteiger partial charge in [0.2, 0.25) is 0 Å². The van der Waals surface area contributed by atoms with Gasteiger partial charge in [-0.05, 0) is 124 Å². The van der Waals surface area contributed by atoms with Crippen LogP contribution in [0, 0.1) is 0 Å². The molecule has 0 saturated carbocycles. The Labute approximate surface area is 350 Å². The molecule has 10 aromatic rings. The highest BCUT2D eigenvalue weighted by Crippen LogP contribution is 2.54. The second-order valence-corrected chi connectivity index (χ2v) is 17.8. The number of rotatable bonds is 4. The van der Waals surface area contributed by atoms with Gasteiger partial charge in [0.25, 0.3) is 0 Å². The highest BCUT2D eigenvalue weighted by molar-refractivity contribution is 6.06. The average molecular weight is 767 g/mol. The minimum atomic E-state index is -0.155. The SMILES string of the molecule is CC1(C)c2ccc(-c3ccc(-c4cc(-c5cccc6c5-c5cc7ccccc7cc5C6(C)C)nc(-c5ccccc5)n4)c4ccccc34)cc2-c2cc3ccccc3cc21. The fourth-order valence-electron chi connectivity index (χ4n) is 10.5. The average Bonchev–Trinajstić information content (AvgIpc) is 3.65. The summed E-state index contributed by atoms with van der Waals surface area (Å²) in [5.74, 6) is 0.720. The number of hydrogen-bond acceptors (Lipinski definition) is 2. The zero-order chi connectivity index (χ0) is 40.3. The van der Waals surface area contributed by atoms with Gasteiger partial charge >= 0.3 is 0 Å². The second-order valence-electron chi connectivity index (χ2n) is 17.8. The molecule has 60 heavy (non-hydrogen) atoms. The van der Waals surface area contributed by atoms with E-state index in [0.717, 1.165) is 33.9 Å².